The molecule has 0 saturated carbocycles. The van der Waals surface area contributed by atoms with Crippen LogP contribution in [0.1, 0.15) is 0 Å². The summed E-state index contributed by atoms with van der Waals surface area (Å²) in [4.78, 5) is 2.38. The Bertz CT molecular complexity index is 3050. The molecule has 0 saturated heterocycles. The fourth-order valence-electron chi connectivity index (χ4n) is 8.97. The Hall–Kier alpha value is -6.36. The van der Waals surface area contributed by atoms with Crippen LogP contribution in [0.15, 0.2) is 173 Å². The predicted molar refractivity (Wildman–Crippen MR) is 222 cm³/mol. The van der Waals surface area contributed by atoms with E-state index in [2.05, 4.69) is 176 Å². The minimum atomic E-state index is -2.47. The number of rotatable bonds is 4. The van der Waals surface area contributed by atoms with Gasteiger partial charge in [-0.25, -0.2) is 0 Å². The number of furan rings is 2. The molecule has 10 aromatic rings. The van der Waals surface area contributed by atoms with Gasteiger partial charge in [0.05, 0.1) is 0 Å². The van der Waals surface area contributed by atoms with Crippen LogP contribution >= 0.6 is 0 Å². The molecule has 0 fully saturated rings. The molecule has 4 heteroatoms. The fourth-order valence-corrected chi connectivity index (χ4v) is 12.5. The zero-order valence-corrected chi connectivity index (χ0v) is 30.1. The van der Waals surface area contributed by atoms with Crippen LogP contribution in [0.3, 0.4) is 0 Å². The van der Waals surface area contributed by atoms with Crippen LogP contribution in [0.2, 0.25) is 13.1 Å². The molecule has 0 atom stereocenters. The van der Waals surface area contributed by atoms with E-state index in [0.717, 1.165) is 50.2 Å². The van der Waals surface area contributed by atoms with Gasteiger partial charge in [0.15, 0.2) is 0 Å². The first-order valence-electron chi connectivity index (χ1n) is 18.2. The van der Waals surface area contributed by atoms with Crippen molar-refractivity contribution in [2.24, 2.45) is 0 Å². The summed E-state index contributed by atoms with van der Waals surface area (Å²) in [5.41, 5.74) is 11.9. The fraction of sp³-hybridized carbons (Fsp3) is 0.0417. The van der Waals surface area contributed by atoms with Crippen LogP contribution in [-0.2, 0) is 0 Å². The van der Waals surface area contributed by atoms with E-state index in [1.807, 2.05) is 6.07 Å². The third kappa shape index (κ3) is 4.13. The van der Waals surface area contributed by atoms with Crippen LogP contribution in [-0.4, -0.2) is 8.07 Å². The Kier molecular flexibility index (Phi) is 6.11. The van der Waals surface area contributed by atoms with Gasteiger partial charge in [-0.3, -0.25) is 0 Å². The monoisotopic (exact) mass is 684 g/mol. The number of benzene rings is 8. The van der Waals surface area contributed by atoms with Gasteiger partial charge < -0.3 is 0 Å². The van der Waals surface area contributed by atoms with E-state index < -0.39 is 8.07 Å². The van der Waals surface area contributed by atoms with Crippen LogP contribution in [0.25, 0.3) is 76.9 Å². The first-order chi connectivity index (χ1) is 25.5. The molecule has 0 aliphatic carbocycles. The van der Waals surface area contributed by atoms with Crippen molar-refractivity contribution >= 4 is 90.2 Å². The summed E-state index contributed by atoms with van der Waals surface area (Å²) in [6.07, 6.45) is 0. The van der Waals surface area contributed by atoms with Crippen LogP contribution in [0.4, 0.5) is 17.1 Å². The molecule has 0 N–H and O–H groups in total. The Morgan fingerprint density at radius 2 is 1.06 bits per heavy atom. The number of nitrogens with zero attached hydrogens (tertiary/aromatic N) is 1. The second-order valence-corrected chi connectivity index (χ2v) is 19.8. The van der Waals surface area contributed by atoms with Gasteiger partial charge in [-0.15, -0.1) is 0 Å². The maximum absolute atomic E-state index is 6.67. The van der Waals surface area contributed by atoms with Gasteiger partial charge in [0.2, 0.25) is 0 Å². The van der Waals surface area contributed by atoms with Gasteiger partial charge in [-0.05, 0) is 0 Å². The summed E-state index contributed by atoms with van der Waals surface area (Å²) in [6, 6.07) is 59.1. The standard InChI is InChI=1S/C48H34NO2Si/c1-52(2)44-28-27-39-37-15-6-8-20-43(37)51-48(39)46(44)40-26-25-33(29-45(40)52)49(41-18-10-17-38-36-14-5-7-19-42(36)50-47(38)41)32-23-21-31(22-24-32)35-16-9-12-30-11-3-4-13-34(30)35/h3-29,52H,1-2H3/q-1. The SMILES string of the molecule is C[SiH-]1(C)c2cc(N(c3ccc(-c4cccc5ccccc45)cc3)c3cccc4c3oc3ccccc34)ccc2-c2c1ccc1c2oc2ccccc21. The minimum absolute atomic E-state index is 0.883. The van der Waals surface area contributed by atoms with E-state index in [4.69, 9.17) is 8.83 Å². The average Bonchev–Trinajstić information content (AvgIpc) is 3.83. The topological polar surface area (TPSA) is 29.5 Å². The molecule has 3 heterocycles. The summed E-state index contributed by atoms with van der Waals surface area (Å²) in [6.45, 7) is 5.00. The summed E-state index contributed by atoms with van der Waals surface area (Å²) >= 11 is 0. The van der Waals surface area contributed by atoms with E-state index in [1.54, 1.807) is 0 Å². The molecule has 3 nitrogen and oxygen atoms in total. The van der Waals surface area contributed by atoms with Gasteiger partial charge in [-0.2, -0.15) is 0 Å². The summed E-state index contributed by atoms with van der Waals surface area (Å²) in [7, 11) is -2.47. The maximum atomic E-state index is 6.67. The normalized spacial score (nSPS) is 14.0. The summed E-state index contributed by atoms with van der Waals surface area (Å²) in [5.74, 6) is 0. The molecule has 248 valence electrons. The van der Waals surface area contributed by atoms with Crippen molar-refractivity contribution in [2.45, 2.75) is 13.1 Å². The summed E-state index contributed by atoms with van der Waals surface area (Å²) in [5, 5.41) is 10.00. The molecule has 1 aliphatic heterocycles. The molecule has 0 bridgehead atoms. The molecular weight excluding hydrogens is 651 g/mol. The van der Waals surface area contributed by atoms with Crippen molar-refractivity contribution in [3.05, 3.63) is 164 Å². The second-order valence-electron chi connectivity index (χ2n) is 14.8. The molecular formula is C48H34NO2Si-. The van der Waals surface area contributed by atoms with Crippen molar-refractivity contribution in [1.82, 2.24) is 0 Å². The van der Waals surface area contributed by atoms with Gasteiger partial charge in [0.25, 0.3) is 0 Å². The van der Waals surface area contributed by atoms with E-state index >= 15 is 0 Å². The molecule has 2 aromatic heterocycles. The first kappa shape index (κ1) is 29.4. The zero-order chi connectivity index (χ0) is 34.6. The van der Waals surface area contributed by atoms with Crippen molar-refractivity contribution < 1.29 is 8.83 Å². The average molecular weight is 685 g/mol. The van der Waals surface area contributed by atoms with Crippen molar-refractivity contribution in [2.75, 3.05) is 4.90 Å². The third-order valence-electron chi connectivity index (χ3n) is 11.5. The molecule has 0 amide bonds. The molecule has 0 radical (unpaired) electrons. The van der Waals surface area contributed by atoms with Crippen LogP contribution in [0.5, 0.6) is 0 Å². The molecule has 0 unspecified atom stereocenters. The molecule has 52 heavy (non-hydrogen) atoms. The van der Waals surface area contributed by atoms with E-state index in [-0.39, 0.29) is 0 Å². The molecule has 0 spiro atoms. The van der Waals surface area contributed by atoms with E-state index in [9.17, 15) is 0 Å². The molecule has 1 aliphatic rings. The number of hydrogen-bond acceptors (Lipinski definition) is 3. The number of hydrogen-bond donors (Lipinski definition) is 0. The van der Waals surface area contributed by atoms with Gasteiger partial charge in [0, 0.05) is 0 Å². The van der Waals surface area contributed by atoms with E-state index in [1.165, 1.54) is 54.2 Å². The van der Waals surface area contributed by atoms with Gasteiger partial charge in [0.1, 0.15) is 0 Å². The van der Waals surface area contributed by atoms with Crippen LogP contribution in [0, 0.1) is 0 Å². The number of fused-ring (bicyclic) bond motifs is 11. The van der Waals surface area contributed by atoms with Gasteiger partial charge in [-0.1, -0.05) is 6.07 Å². The van der Waals surface area contributed by atoms with E-state index in [0.29, 0.717) is 0 Å². The van der Waals surface area contributed by atoms with Crippen molar-refractivity contribution in [3.8, 4) is 22.3 Å². The van der Waals surface area contributed by atoms with Crippen molar-refractivity contribution in [3.63, 3.8) is 0 Å². The molecule has 8 aromatic carbocycles. The van der Waals surface area contributed by atoms with Crippen LogP contribution < -0.4 is 15.3 Å². The Balaban J connectivity index is 1.12. The quantitative estimate of drug-likeness (QED) is 0.173. The third-order valence-corrected chi connectivity index (χ3v) is 15.6. The Morgan fingerprint density at radius 3 is 1.85 bits per heavy atom. The van der Waals surface area contributed by atoms with Crippen molar-refractivity contribution in [1.29, 1.82) is 0 Å². The van der Waals surface area contributed by atoms with Gasteiger partial charge >= 0.3 is 297 Å². The number of para-hydroxylation sites is 3. The first-order valence-corrected chi connectivity index (χ1v) is 21.6. The Morgan fingerprint density at radius 1 is 0.442 bits per heavy atom. The Labute approximate surface area is 302 Å². The molecule has 11 rings (SSSR count). The summed E-state index contributed by atoms with van der Waals surface area (Å²) < 4.78 is 13.3. The number of anilines is 3. The predicted octanol–water partition coefficient (Wildman–Crippen LogP) is 12.3. The zero-order valence-electron chi connectivity index (χ0n) is 28.9. The second kappa shape index (κ2) is 10.8.